The molecule has 36 nitrogen and oxygen atoms in total. The van der Waals surface area contributed by atoms with E-state index in [2.05, 4.69) is 70.2 Å². The average Bonchev–Trinajstić information content (AvgIpc) is 0.876. The first-order valence-corrected chi connectivity index (χ1v) is 41.8. The molecule has 0 aromatic heterocycles. The van der Waals surface area contributed by atoms with E-state index in [1.807, 2.05) is 0 Å². The summed E-state index contributed by atoms with van der Waals surface area (Å²) in [6.07, 6.45) is 2.58. The molecule has 2 atom stereocenters. The van der Waals surface area contributed by atoms with Gasteiger partial charge in [0.2, 0.25) is 17.7 Å². The van der Waals surface area contributed by atoms with E-state index in [1.165, 1.54) is 6.07 Å². The van der Waals surface area contributed by atoms with E-state index in [4.69, 9.17) is 119 Å². The second kappa shape index (κ2) is 81.1. The van der Waals surface area contributed by atoms with Gasteiger partial charge in [-0.15, -0.1) is 0 Å². The number of alkyl carbamates (subject to hydrolysis) is 1. The molecule has 117 heavy (non-hydrogen) atoms. The third-order valence-electron chi connectivity index (χ3n) is 15.9. The zero-order valence-corrected chi connectivity index (χ0v) is 72.8. The van der Waals surface area contributed by atoms with Crippen LogP contribution in [0.15, 0.2) is 28.8 Å². The summed E-state index contributed by atoms with van der Waals surface area (Å²) >= 11 is 3.13. The number of carbonyl (C=O) groups excluding carboxylic acids is 5. The topological polar surface area (TPSA) is 407 Å². The van der Waals surface area contributed by atoms with Crippen molar-refractivity contribution in [2.75, 3.05) is 335 Å². The zero-order chi connectivity index (χ0) is 85.3. The van der Waals surface area contributed by atoms with Gasteiger partial charge < -0.3 is 150 Å². The van der Waals surface area contributed by atoms with Gasteiger partial charge >= 0.3 is 6.09 Å². The van der Waals surface area contributed by atoms with E-state index in [9.17, 15) is 29.1 Å². The molecule has 1 rings (SSSR count). The van der Waals surface area contributed by atoms with Crippen LogP contribution in [0.4, 0.5) is 10.5 Å². The van der Waals surface area contributed by atoms with Gasteiger partial charge in [-0.2, -0.15) is 0 Å². The summed E-state index contributed by atoms with van der Waals surface area (Å²) in [7, 11) is 0. The van der Waals surface area contributed by atoms with Crippen molar-refractivity contribution in [1.29, 1.82) is 0 Å². The lowest BCUT2D eigenvalue weighted by molar-refractivity contribution is -0.122. The molecule has 1 aromatic carbocycles. The fraction of sp³-hybridized carbons (Fsp3) is 0.838. The summed E-state index contributed by atoms with van der Waals surface area (Å²) in [5.41, 5.74) is 0.366. The van der Waals surface area contributed by atoms with Crippen LogP contribution in [0.2, 0.25) is 0 Å². The fourth-order valence-electron chi connectivity index (χ4n) is 9.34. The van der Waals surface area contributed by atoms with Gasteiger partial charge in [-0.3, -0.25) is 19.2 Å². The van der Waals surface area contributed by atoms with Crippen LogP contribution in [0.5, 0.6) is 5.75 Å². The highest BCUT2D eigenvalue weighted by Gasteiger charge is 2.27. The van der Waals surface area contributed by atoms with Gasteiger partial charge in [-0.1, -0.05) is 33.8 Å². The summed E-state index contributed by atoms with van der Waals surface area (Å²) in [6, 6.07) is 4.66. The summed E-state index contributed by atoms with van der Waals surface area (Å²) < 4.78 is 132. The van der Waals surface area contributed by atoms with Crippen LogP contribution in [-0.2, 0) is 139 Å². The van der Waals surface area contributed by atoms with Crippen molar-refractivity contribution in [2.24, 2.45) is 11.3 Å². The quantitative estimate of drug-likeness (QED) is 0.0270. The molecule has 0 spiro atoms. The molecule has 0 saturated carbocycles. The number of anilines is 1. The van der Waals surface area contributed by atoms with Gasteiger partial charge in [0.25, 0.3) is 5.91 Å². The maximum absolute atomic E-state index is 12.8. The van der Waals surface area contributed by atoms with Crippen molar-refractivity contribution < 1.29 is 148 Å². The lowest BCUT2D eigenvalue weighted by atomic mass is 9.78. The third kappa shape index (κ3) is 78.4. The highest BCUT2D eigenvalue weighted by Crippen LogP contribution is 2.31. The molecular weight excluding hydrogens is 1610 g/mol. The standard InChI is InChI=1S/C80H146BrN5O31/c1-68(79(2,3)4)64-70(85-78(93)117-80(5,6)7)65-69-12-13-73(88)72(66-69)86-75(90)11-9-14-82-76(91)67-71(81)77(92)84-15-8-10-74(89)83-16-18-94-20-22-96-24-26-98-28-30-100-32-34-102-36-38-104-40-42-106-44-46-108-48-50-110-52-54-112-56-58-114-60-62-116-63-61-115-59-57-113-55-53-111-51-49-109-47-45-107-43-41-105-39-37-103-35-33-101-31-29-99-27-25-97-23-21-95-19-17-87/h12-13,66-68,70,87-88H,8-11,14-65H2,1-7H3,(H,82,91)(H,83,89)(H,84,92)(H,85,93)(H,86,90)/b71-67-/t68?,70-/m1/s1. The average molecular weight is 1750 g/mol. The Hall–Kier alpha value is -4.57. The van der Waals surface area contributed by atoms with E-state index in [-0.39, 0.29) is 84.1 Å². The number of phenolic OH excluding ortho intramolecular Hbond substituents is 1. The number of phenols is 1. The summed E-state index contributed by atoms with van der Waals surface area (Å²) in [6.45, 7) is 35.5. The van der Waals surface area contributed by atoms with E-state index >= 15 is 0 Å². The molecule has 0 heterocycles. The van der Waals surface area contributed by atoms with Crippen molar-refractivity contribution >= 4 is 51.3 Å². The molecular formula is C80H146BrN5O31. The Morgan fingerprint density at radius 3 is 0.983 bits per heavy atom. The maximum Gasteiger partial charge on any atom is 0.407 e. The number of nitrogens with one attached hydrogen (secondary N) is 5. The van der Waals surface area contributed by atoms with Crippen molar-refractivity contribution in [3.05, 3.63) is 34.3 Å². The molecule has 5 amide bonds. The van der Waals surface area contributed by atoms with Crippen molar-refractivity contribution in [1.82, 2.24) is 21.3 Å². The monoisotopic (exact) mass is 1750 g/mol. The Balaban J connectivity index is 1.78. The minimum Gasteiger partial charge on any atom is -0.506 e. The second-order valence-electron chi connectivity index (χ2n) is 27.9. The van der Waals surface area contributed by atoms with Gasteiger partial charge in [-0.05, 0) is 91.4 Å². The van der Waals surface area contributed by atoms with Gasteiger partial charge in [0.1, 0.15) is 11.4 Å². The molecule has 1 aromatic rings. The molecule has 0 fully saturated rings. The van der Waals surface area contributed by atoms with E-state index in [1.54, 1.807) is 32.9 Å². The predicted octanol–water partition coefficient (Wildman–Crippen LogP) is 4.40. The van der Waals surface area contributed by atoms with Crippen molar-refractivity contribution in [3.8, 4) is 5.75 Å². The molecule has 0 radical (unpaired) electrons. The van der Waals surface area contributed by atoms with Crippen molar-refractivity contribution in [3.63, 3.8) is 0 Å². The number of rotatable bonds is 87. The molecule has 0 aliphatic rings. The number of aliphatic hydroxyl groups is 1. The first-order chi connectivity index (χ1) is 56.8. The highest BCUT2D eigenvalue weighted by atomic mass is 79.9. The first-order valence-electron chi connectivity index (χ1n) is 41.0. The SMILES string of the molecule is CC(C[C@H](Cc1ccc(O)c(NC(=O)CCCNC(=O)/C=C(\Br)C(=O)NCCCC(=O)NCCOCCOCCOCCOCCOCCOCCOCCOCCOCCOCCOCCOCCOCCOCCOCCOCCOCCOCCOCCOCCOCCOCCOCCO)c1)NC(=O)OC(C)(C)C)C(C)(C)C. The minimum absolute atomic E-state index is 0.0000928. The van der Waals surface area contributed by atoms with Crippen LogP contribution in [0, 0.1) is 11.3 Å². The number of benzene rings is 1. The molecule has 0 saturated heterocycles. The number of carbonyl (C=O) groups is 5. The Bertz CT molecular complexity index is 2510. The smallest absolute Gasteiger partial charge is 0.407 e. The number of aliphatic hydroxyl groups excluding tert-OH is 1. The number of ether oxygens (including phenoxy) is 24. The normalized spacial score (nSPS) is 12.5. The van der Waals surface area contributed by atoms with Crippen LogP contribution in [0.25, 0.3) is 0 Å². The summed E-state index contributed by atoms with van der Waals surface area (Å²) in [5.74, 6) is -1.48. The fourth-order valence-corrected chi connectivity index (χ4v) is 9.69. The van der Waals surface area contributed by atoms with E-state index < -0.39 is 23.5 Å². The molecule has 1 unspecified atom stereocenters. The Labute approximate surface area is 702 Å². The number of aromatic hydroxyl groups is 1. The number of hydrogen-bond acceptors (Lipinski definition) is 31. The largest absolute Gasteiger partial charge is 0.506 e. The molecule has 7 N–H and O–H groups in total. The van der Waals surface area contributed by atoms with Gasteiger partial charge in [-0.25, -0.2) is 4.79 Å². The molecule has 0 aliphatic carbocycles. The Kier molecular flexibility index (Phi) is 76.6. The van der Waals surface area contributed by atoms with E-state index in [0.29, 0.717) is 330 Å². The maximum atomic E-state index is 12.8. The lowest BCUT2D eigenvalue weighted by Gasteiger charge is -2.32. The predicted molar refractivity (Wildman–Crippen MR) is 437 cm³/mol. The number of amides is 5. The molecule has 0 aliphatic heterocycles. The molecule has 37 heteroatoms. The summed E-state index contributed by atoms with van der Waals surface area (Å²) in [5, 5.41) is 33.0. The molecule has 0 bridgehead atoms. The van der Waals surface area contributed by atoms with Crippen LogP contribution in [-0.4, -0.2) is 382 Å². The van der Waals surface area contributed by atoms with E-state index in [0.717, 1.165) is 11.6 Å². The number of hydrogen-bond donors (Lipinski definition) is 7. The minimum atomic E-state index is -0.660. The Morgan fingerprint density at radius 1 is 0.393 bits per heavy atom. The summed E-state index contributed by atoms with van der Waals surface area (Å²) in [4.78, 5) is 62.9. The lowest BCUT2D eigenvalue weighted by Crippen LogP contribution is -2.42. The van der Waals surface area contributed by atoms with Crippen LogP contribution >= 0.6 is 15.9 Å². The van der Waals surface area contributed by atoms with Crippen LogP contribution in [0.3, 0.4) is 0 Å². The van der Waals surface area contributed by atoms with Gasteiger partial charge in [0.15, 0.2) is 0 Å². The van der Waals surface area contributed by atoms with Gasteiger partial charge in [0.05, 0.1) is 321 Å². The number of halogens is 1. The molecule has 684 valence electrons. The Morgan fingerprint density at radius 2 is 0.684 bits per heavy atom. The van der Waals surface area contributed by atoms with Crippen LogP contribution < -0.4 is 26.6 Å². The first kappa shape index (κ1) is 110. The van der Waals surface area contributed by atoms with Crippen LogP contribution in [0.1, 0.15) is 86.1 Å². The third-order valence-corrected chi connectivity index (χ3v) is 16.5. The zero-order valence-electron chi connectivity index (χ0n) is 71.2. The highest BCUT2D eigenvalue weighted by molar-refractivity contribution is 9.12. The van der Waals surface area contributed by atoms with Gasteiger partial charge in [0, 0.05) is 44.6 Å². The second-order valence-corrected chi connectivity index (χ2v) is 28.7. The van der Waals surface area contributed by atoms with Crippen molar-refractivity contribution in [2.45, 2.75) is 98.6 Å².